The van der Waals surface area contributed by atoms with Gasteiger partial charge in [-0.2, -0.15) is 0 Å². The number of aliphatic imine (C=N–C) groups is 1. The van der Waals surface area contributed by atoms with Gasteiger partial charge in [-0.25, -0.2) is 9.79 Å². The van der Waals surface area contributed by atoms with Crippen molar-refractivity contribution in [2.75, 3.05) is 6.61 Å². The van der Waals surface area contributed by atoms with Gasteiger partial charge in [0, 0.05) is 5.56 Å². The zero-order valence-corrected chi connectivity index (χ0v) is 12.2. The Morgan fingerprint density at radius 1 is 1.17 bits per heavy atom. The first-order chi connectivity index (χ1) is 11.3. The maximum Gasteiger partial charge on any atom is 0.363 e. The van der Waals surface area contributed by atoms with Gasteiger partial charge in [-0.15, -0.1) is 6.42 Å². The van der Waals surface area contributed by atoms with Gasteiger partial charge in [-0.3, -0.25) is 0 Å². The fourth-order valence-corrected chi connectivity index (χ4v) is 2.09. The Kier molecular flexibility index (Phi) is 4.21. The molecule has 2 aromatic rings. The third-order valence-corrected chi connectivity index (χ3v) is 3.12. The van der Waals surface area contributed by atoms with Gasteiger partial charge in [0.1, 0.15) is 12.4 Å². The number of ether oxygens (including phenoxy) is 2. The third kappa shape index (κ3) is 3.47. The SMILES string of the molecule is C#CCOc1cccc(/C=C2/N=C(c3ccccc3)OC2=O)c1. The largest absolute Gasteiger partial charge is 0.481 e. The topological polar surface area (TPSA) is 47.9 Å². The fourth-order valence-electron chi connectivity index (χ4n) is 2.09. The molecule has 0 amide bonds. The average molecular weight is 303 g/mol. The summed E-state index contributed by atoms with van der Waals surface area (Å²) in [7, 11) is 0. The first-order valence-corrected chi connectivity index (χ1v) is 7.00. The van der Waals surface area contributed by atoms with Crippen LogP contribution in [0.5, 0.6) is 5.75 Å². The molecule has 0 saturated heterocycles. The Bertz CT molecular complexity index is 829. The molecule has 0 aliphatic carbocycles. The Morgan fingerprint density at radius 3 is 2.78 bits per heavy atom. The van der Waals surface area contributed by atoms with E-state index in [1.165, 1.54) is 0 Å². The Morgan fingerprint density at radius 2 is 2.00 bits per heavy atom. The maximum absolute atomic E-state index is 12.0. The van der Waals surface area contributed by atoms with Gasteiger partial charge in [0.05, 0.1) is 0 Å². The number of nitrogens with zero attached hydrogens (tertiary/aromatic N) is 1. The predicted molar refractivity (Wildman–Crippen MR) is 87.8 cm³/mol. The van der Waals surface area contributed by atoms with Crippen LogP contribution in [-0.4, -0.2) is 18.5 Å². The van der Waals surface area contributed by atoms with Crippen molar-refractivity contribution in [2.24, 2.45) is 4.99 Å². The first-order valence-electron chi connectivity index (χ1n) is 7.00. The van der Waals surface area contributed by atoms with Crippen molar-refractivity contribution in [3.05, 3.63) is 71.4 Å². The highest BCUT2D eigenvalue weighted by atomic mass is 16.6. The number of esters is 1. The highest BCUT2D eigenvalue weighted by Gasteiger charge is 2.23. The molecular weight excluding hydrogens is 290 g/mol. The van der Waals surface area contributed by atoms with E-state index in [-0.39, 0.29) is 12.3 Å². The highest BCUT2D eigenvalue weighted by Crippen LogP contribution is 2.21. The molecule has 4 nitrogen and oxygen atoms in total. The molecule has 1 heterocycles. The average Bonchev–Trinajstić information content (AvgIpc) is 2.95. The molecular formula is C19H13NO3. The summed E-state index contributed by atoms with van der Waals surface area (Å²) < 4.78 is 10.6. The van der Waals surface area contributed by atoms with Crippen molar-refractivity contribution in [3.63, 3.8) is 0 Å². The van der Waals surface area contributed by atoms with Gasteiger partial charge in [0.15, 0.2) is 5.70 Å². The standard InChI is InChI=1S/C19H13NO3/c1-2-11-22-16-10-6-7-14(12-16)13-17-19(21)23-18(20-17)15-8-4-3-5-9-15/h1,3-10,12-13H,11H2/b17-13+. The van der Waals surface area contributed by atoms with Gasteiger partial charge in [0.25, 0.3) is 0 Å². The molecule has 0 atom stereocenters. The highest BCUT2D eigenvalue weighted by molar-refractivity contribution is 6.12. The zero-order valence-electron chi connectivity index (χ0n) is 12.2. The number of terminal acetylenes is 1. The Hall–Kier alpha value is -3.32. The van der Waals surface area contributed by atoms with Crippen molar-refractivity contribution < 1.29 is 14.3 Å². The monoisotopic (exact) mass is 303 g/mol. The smallest absolute Gasteiger partial charge is 0.363 e. The molecule has 1 aliphatic rings. The van der Waals surface area contributed by atoms with Gasteiger partial charge >= 0.3 is 5.97 Å². The van der Waals surface area contributed by atoms with Crippen LogP contribution in [0.4, 0.5) is 0 Å². The van der Waals surface area contributed by atoms with Crippen LogP contribution in [0, 0.1) is 12.3 Å². The number of benzene rings is 2. The number of hydrogen-bond donors (Lipinski definition) is 0. The number of cyclic esters (lactones) is 1. The maximum atomic E-state index is 12.0. The lowest BCUT2D eigenvalue weighted by molar-refractivity contribution is -0.129. The zero-order chi connectivity index (χ0) is 16.1. The van der Waals surface area contributed by atoms with E-state index in [0.717, 1.165) is 11.1 Å². The minimum absolute atomic E-state index is 0.193. The Labute approximate surface area is 134 Å². The van der Waals surface area contributed by atoms with Crippen LogP contribution >= 0.6 is 0 Å². The van der Waals surface area contributed by atoms with Crippen LogP contribution in [0.3, 0.4) is 0 Å². The number of rotatable bonds is 4. The van der Waals surface area contributed by atoms with Crippen molar-refractivity contribution in [1.82, 2.24) is 0 Å². The normalized spacial score (nSPS) is 15.0. The number of carbonyl (C=O) groups is 1. The minimum atomic E-state index is -0.473. The van der Waals surface area contributed by atoms with E-state index in [4.69, 9.17) is 15.9 Å². The van der Waals surface area contributed by atoms with E-state index in [1.807, 2.05) is 42.5 Å². The fraction of sp³-hybridized carbons (Fsp3) is 0.0526. The minimum Gasteiger partial charge on any atom is -0.481 e. The molecule has 2 aromatic carbocycles. The molecule has 0 aromatic heterocycles. The molecule has 4 heteroatoms. The molecule has 0 unspecified atom stereocenters. The van der Waals surface area contributed by atoms with Crippen LogP contribution in [0.25, 0.3) is 6.08 Å². The summed E-state index contributed by atoms with van der Waals surface area (Å²) in [5, 5.41) is 0. The lowest BCUT2D eigenvalue weighted by atomic mass is 10.2. The molecule has 1 aliphatic heterocycles. The second-order valence-electron chi connectivity index (χ2n) is 4.77. The van der Waals surface area contributed by atoms with Crippen LogP contribution in [0.2, 0.25) is 0 Å². The van der Waals surface area contributed by atoms with Gasteiger partial charge in [-0.05, 0) is 35.9 Å². The second kappa shape index (κ2) is 6.63. The molecule has 0 spiro atoms. The first kappa shape index (κ1) is 14.6. The molecule has 0 radical (unpaired) electrons. The molecule has 0 fully saturated rings. The lowest BCUT2D eigenvalue weighted by Gasteiger charge is -2.02. The van der Waals surface area contributed by atoms with Gasteiger partial charge in [0.2, 0.25) is 5.90 Å². The predicted octanol–water partition coefficient (Wildman–Crippen LogP) is 3.04. The molecule has 112 valence electrons. The molecule has 23 heavy (non-hydrogen) atoms. The summed E-state index contributed by atoms with van der Waals surface area (Å²) in [4.78, 5) is 16.2. The van der Waals surface area contributed by atoms with Crippen molar-refractivity contribution in [3.8, 4) is 18.1 Å². The molecule has 0 saturated carbocycles. The summed E-state index contributed by atoms with van der Waals surface area (Å²) >= 11 is 0. The third-order valence-electron chi connectivity index (χ3n) is 3.12. The summed E-state index contributed by atoms with van der Waals surface area (Å²) in [6.07, 6.45) is 6.82. The van der Waals surface area contributed by atoms with E-state index in [2.05, 4.69) is 10.9 Å². The Balaban J connectivity index is 1.86. The van der Waals surface area contributed by atoms with E-state index in [1.54, 1.807) is 18.2 Å². The van der Waals surface area contributed by atoms with E-state index in [0.29, 0.717) is 11.6 Å². The summed E-state index contributed by atoms with van der Waals surface area (Å²) in [5.41, 5.74) is 1.79. The van der Waals surface area contributed by atoms with Crippen LogP contribution in [0.1, 0.15) is 11.1 Å². The van der Waals surface area contributed by atoms with E-state index >= 15 is 0 Å². The van der Waals surface area contributed by atoms with Crippen LogP contribution in [0.15, 0.2) is 65.3 Å². The number of carbonyl (C=O) groups excluding carboxylic acids is 1. The van der Waals surface area contributed by atoms with Crippen molar-refractivity contribution in [2.45, 2.75) is 0 Å². The van der Waals surface area contributed by atoms with E-state index < -0.39 is 5.97 Å². The molecule has 0 bridgehead atoms. The molecule has 3 rings (SSSR count). The quantitative estimate of drug-likeness (QED) is 0.495. The summed E-state index contributed by atoms with van der Waals surface area (Å²) in [6, 6.07) is 16.5. The summed E-state index contributed by atoms with van der Waals surface area (Å²) in [6.45, 7) is 0.193. The van der Waals surface area contributed by atoms with Crippen LogP contribution in [-0.2, 0) is 9.53 Å². The van der Waals surface area contributed by atoms with Crippen molar-refractivity contribution >= 4 is 17.9 Å². The number of hydrogen-bond acceptors (Lipinski definition) is 4. The van der Waals surface area contributed by atoms with Gasteiger partial charge in [-0.1, -0.05) is 36.3 Å². The molecule has 0 N–H and O–H groups in total. The lowest BCUT2D eigenvalue weighted by Crippen LogP contribution is -2.04. The van der Waals surface area contributed by atoms with Crippen molar-refractivity contribution in [1.29, 1.82) is 0 Å². The van der Waals surface area contributed by atoms with Gasteiger partial charge < -0.3 is 9.47 Å². The summed E-state index contributed by atoms with van der Waals surface area (Å²) in [5.74, 6) is 2.87. The van der Waals surface area contributed by atoms with Crippen LogP contribution < -0.4 is 4.74 Å². The van der Waals surface area contributed by atoms with E-state index in [9.17, 15) is 4.79 Å². The second-order valence-corrected chi connectivity index (χ2v) is 4.77.